The van der Waals surface area contributed by atoms with Crippen molar-refractivity contribution in [2.24, 2.45) is 5.92 Å². The second-order valence-corrected chi connectivity index (χ2v) is 6.74. The van der Waals surface area contributed by atoms with E-state index in [9.17, 15) is 18.4 Å². The minimum atomic E-state index is -2.99. The average molecular weight is 395 g/mol. The van der Waals surface area contributed by atoms with Crippen LogP contribution in [0.4, 0.5) is 14.6 Å². The molecule has 0 spiro atoms. The van der Waals surface area contributed by atoms with E-state index in [0.717, 1.165) is 0 Å². The zero-order valence-corrected chi connectivity index (χ0v) is 15.0. The van der Waals surface area contributed by atoms with Crippen molar-refractivity contribution in [2.75, 3.05) is 12.4 Å². The topological polar surface area (TPSA) is 120 Å². The Hall–Kier alpha value is -2.92. The molecule has 11 heteroatoms. The maximum Gasteiger partial charge on any atom is 0.387 e. The van der Waals surface area contributed by atoms with Gasteiger partial charge in [-0.1, -0.05) is 6.07 Å². The second-order valence-electron chi connectivity index (χ2n) is 6.74. The standard InChI is InChI=1S/C17H19F2N5O4/c1-6-10-11(7-3-4-8(28-16(18)19)9(5-7)27-2)12-13(20-14(10)24-23-6)21-17(26)22-15(12)25/h3-6,10-11,14,16,23-24H,1-2H3,(H3,20,21,22,25,26). The van der Waals surface area contributed by atoms with Gasteiger partial charge in [-0.2, -0.15) is 8.78 Å². The maximum atomic E-state index is 12.6. The van der Waals surface area contributed by atoms with Crippen molar-refractivity contribution in [3.63, 3.8) is 0 Å². The van der Waals surface area contributed by atoms with E-state index in [-0.39, 0.29) is 29.6 Å². The van der Waals surface area contributed by atoms with Gasteiger partial charge in [0.15, 0.2) is 11.5 Å². The van der Waals surface area contributed by atoms with Gasteiger partial charge in [0.2, 0.25) is 0 Å². The number of hydrogen-bond donors (Lipinski definition) is 5. The van der Waals surface area contributed by atoms with Crippen molar-refractivity contribution < 1.29 is 18.3 Å². The molecule has 28 heavy (non-hydrogen) atoms. The third kappa shape index (κ3) is 3.02. The van der Waals surface area contributed by atoms with E-state index in [1.54, 1.807) is 12.1 Å². The first-order chi connectivity index (χ1) is 13.4. The summed E-state index contributed by atoms with van der Waals surface area (Å²) in [4.78, 5) is 29.2. The van der Waals surface area contributed by atoms with Crippen LogP contribution in [0.3, 0.4) is 0 Å². The summed E-state index contributed by atoms with van der Waals surface area (Å²) in [6.07, 6.45) is -0.257. The van der Waals surface area contributed by atoms with Gasteiger partial charge >= 0.3 is 12.3 Å². The van der Waals surface area contributed by atoms with Crippen LogP contribution in [-0.2, 0) is 0 Å². The normalized spacial score (nSPS) is 25.8. The lowest BCUT2D eigenvalue weighted by atomic mass is 9.75. The number of aromatic nitrogens is 2. The highest BCUT2D eigenvalue weighted by atomic mass is 19.3. The largest absolute Gasteiger partial charge is 0.493 e. The van der Waals surface area contributed by atoms with Crippen LogP contribution in [0.25, 0.3) is 0 Å². The molecule has 1 saturated heterocycles. The summed E-state index contributed by atoms with van der Waals surface area (Å²) in [6, 6.07) is 4.55. The number of hydrazine groups is 1. The highest BCUT2D eigenvalue weighted by Crippen LogP contribution is 2.44. The fourth-order valence-corrected chi connectivity index (χ4v) is 4.03. The molecule has 0 aliphatic carbocycles. The van der Waals surface area contributed by atoms with Gasteiger partial charge in [-0.25, -0.2) is 10.2 Å². The third-order valence-corrected chi connectivity index (χ3v) is 5.17. The Bertz CT molecular complexity index is 1010. The summed E-state index contributed by atoms with van der Waals surface area (Å²) in [5.41, 5.74) is 6.13. The summed E-state index contributed by atoms with van der Waals surface area (Å²) in [7, 11) is 1.35. The highest BCUT2D eigenvalue weighted by molar-refractivity contribution is 5.55. The van der Waals surface area contributed by atoms with Gasteiger partial charge in [-0.05, 0) is 24.6 Å². The van der Waals surface area contributed by atoms with Crippen LogP contribution >= 0.6 is 0 Å². The Morgan fingerprint density at radius 3 is 2.61 bits per heavy atom. The van der Waals surface area contributed by atoms with Gasteiger partial charge in [0, 0.05) is 17.9 Å². The van der Waals surface area contributed by atoms with Crippen LogP contribution in [0.2, 0.25) is 0 Å². The Morgan fingerprint density at radius 1 is 1.11 bits per heavy atom. The highest BCUT2D eigenvalue weighted by Gasteiger charge is 2.46. The molecule has 0 amide bonds. The van der Waals surface area contributed by atoms with E-state index >= 15 is 0 Å². The molecular weight excluding hydrogens is 376 g/mol. The lowest BCUT2D eigenvalue weighted by Crippen LogP contribution is -2.47. The van der Waals surface area contributed by atoms with Crippen molar-refractivity contribution in [1.82, 2.24) is 20.8 Å². The Kier molecular flexibility index (Phi) is 4.55. The van der Waals surface area contributed by atoms with Gasteiger partial charge in [-0.15, -0.1) is 0 Å². The quantitative estimate of drug-likeness (QED) is 0.516. The summed E-state index contributed by atoms with van der Waals surface area (Å²) in [5, 5.41) is 3.13. The Balaban J connectivity index is 1.87. The van der Waals surface area contributed by atoms with Gasteiger partial charge in [0.25, 0.3) is 5.56 Å². The number of aromatic amines is 2. The number of hydrogen-bond acceptors (Lipinski definition) is 7. The number of alkyl halides is 2. The lowest BCUT2D eigenvalue weighted by molar-refractivity contribution is -0.0512. The van der Waals surface area contributed by atoms with Crippen molar-refractivity contribution in [1.29, 1.82) is 0 Å². The molecule has 4 rings (SSSR count). The number of benzene rings is 1. The fraction of sp³-hybridized carbons (Fsp3) is 0.412. The number of fused-ring (bicyclic) bond motifs is 2. The Labute approximate surface area is 157 Å². The smallest absolute Gasteiger partial charge is 0.387 e. The molecule has 4 atom stereocenters. The summed E-state index contributed by atoms with van der Waals surface area (Å²) in [5.74, 6) is -0.199. The van der Waals surface area contributed by atoms with E-state index in [0.29, 0.717) is 16.9 Å². The first-order valence-electron chi connectivity index (χ1n) is 8.66. The third-order valence-electron chi connectivity index (χ3n) is 5.17. The zero-order chi connectivity index (χ0) is 20.0. The van der Waals surface area contributed by atoms with Gasteiger partial charge < -0.3 is 14.8 Å². The molecule has 2 aromatic rings. The van der Waals surface area contributed by atoms with Gasteiger partial charge in [0.05, 0.1) is 18.8 Å². The molecule has 1 aromatic carbocycles. The van der Waals surface area contributed by atoms with Crippen LogP contribution in [-0.4, -0.2) is 35.9 Å². The lowest BCUT2D eigenvalue weighted by Gasteiger charge is -2.36. The van der Waals surface area contributed by atoms with E-state index in [2.05, 4.69) is 30.9 Å². The molecule has 0 radical (unpaired) electrons. The molecule has 3 heterocycles. The molecule has 2 aliphatic rings. The second kappa shape index (κ2) is 6.91. The first-order valence-corrected chi connectivity index (χ1v) is 8.66. The van der Waals surface area contributed by atoms with Crippen LogP contribution in [0.1, 0.15) is 24.0 Å². The van der Waals surface area contributed by atoms with Crippen LogP contribution in [0.15, 0.2) is 27.8 Å². The SMILES string of the molecule is COc1cc(C2c3c([nH]c(=O)[nH]c3=O)NC3NNC(C)C32)ccc1OC(F)F. The van der Waals surface area contributed by atoms with Gasteiger partial charge in [-0.3, -0.25) is 20.2 Å². The fourth-order valence-electron chi connectivity index (χ4n) is 4.03. The van der Waals surface area contributed by atoms with Crippen LogP contribution in [0, 0.1) is 5.92 Å². The number of methoxy groups -OCH3 is 1. The van der Waals surface area contributed by atoms with Crippen LogP contribution < -0.4 is 36.9 Å². The number of rotatable bonds is 4. The maximum absolute atomic E-state index is 12.6. The number of nitrogens with one attached hydrogen (secondary N) is 5. The van der Waals surface area contributed by atoms with E-state index in [1.807, 2.05) is 6.92 Å². The summed E-state index contributed by atoms with van der Waals surface area (Å²) in [6.45, 7) is -1.03. The first kappa shape index (κ1) is 18.4. The van der Waals surface area contributed by atoms with Crippen molar-refractivity contribution in [2.45, 2.75) is 31.7 Å². The number of ether oxygens (including phenoxy) is 2. The van der Waals surface area contributed by atoms with Gasteiger partial charge in [0.1, 0.15) is 5.82 Å². The van der Waals surface area contributed by atoms with E-state index < -0.39 is 23.8 Å². The molecule has 2 aliphatic heterocycles. The summed E-state index contributed by atoms with van der Waals surface area (Å²) >= 11 is 0. The Morgan fingerprint density at radius 2 is 1.89 bits per heavy atom. The van der Waals surface area contributed by atoms with Crippen molar-refractivity contribution in [3.05, 3.63) is 50.2 Å². The molecule has 9 nitrogen and oxygen atoms in total. The van der Waals surface area contributed by atoms with Crippen molar-refractivity contribution >= 4 is 5.82 Å². The molecular formula is C17H19F2N5O4. The predicted octanol–water partition coefficient (Wildman–Crippen LogP) is 0.669. The molecule has 0 bridgehead atoms. The predicted molar refractivity (Wildman–Crippen MR) is 95.8 cm³/mol. The zero-order valence-electron chi connectivity index (χ0n) is 15.0. The summed E-state index contributed by atoms with van der Waals surface area (Å²) < 4.78 is 34.9. The molecule has 0 saturated carbocycles. The minimum Gasteiger partial charge on any atom is -0.493 e. The molecule has 1 aromatic heterocycles. The molecule has 150 valence electrons. The minimum absolute atomic E-state index is 0.0232. The number of H-pyrrole nitrogens is 2. The van der Waals surface area contributed by atoms with E-state index in [4.69, 9.17) is 4.74 Å². The molecule has 1 fully saturated rings. The molecule has 5 N–H and O–H groups in total. The van der Waals surface area contributed by atoms with Crippen molar-refractivity contribution in [3.8, 4) is 11.5 Å². The van der Waals surface area contributed by atoms with E-state index in [1.165, 1.54) is 13.2 Å². The van der Waals surface area contributed by atoms with Crippen LogP contribution in [0.5, 0.6) is 11.5 Å². The average Bonchev–Trinajstić information content (AvgIpc) is 3.00. The number of halogens is 2. The number of anilines is 1. The molecule has 4 unspecified atom stereocenters. The monoisotopic (exact) mass is 395 g/mol.